The predicted molar refractivity (Wildman–Crippen MR) is 66.5 cm³/mol. The number of nitroso groups, excluding NO2 is 1. The highest BCUT2D eigenvalue weighted by Gasteiger charge is 2.20. The summed E-state index contributed by atoms with van der Waals surface area (Å²) in [5, 5.41) is 23.1. The van der Waals surface area contributed by atoms with Gasteiger partial charge in [0.2, 0.25) is 0 Å². The Morgan fingerprint density at radius 3 is 2.83 bits per heavy atom. The molecule has 1 aliphatic carbocycles. The van der Waals surface area contributed by atoms with Crippen LogP contribution in [0.25, 0.3) is 22.2 Å². The Hall–Kier alpha value is -2.34. The predicted octanol–water partition coefficient (Wildman–Crippen LogP) is 3.13. The lowest BCUT2D eigenvalue weighted by Gasteiger charge is -2.03. The van der Waals surface area contributed by atoms with Crippen LogP contribution in [0, 0.1) is 4.91 Å². The van der Waals surface area contributed by atoms with Gasteiger partial charge in [0.15, 0.2) is 0 Å². The first-order valence-electron chi connectivity index (χ1n) is 4.98. The first-order valence-corrected chi connectivity index (χ1v) is 5.36. The quantitative estimate of drug-likeness (QED) is 0.587. The van der Waals surface area contributed by atoms with E-state index in [0.717, 1.165) is 0 Å². The molecular formula is C11H6ClN3O3. The van der Waals surface area contributed by atoms with E-state index >= 15 is 0 Å². The Morgan fingerprint density at radius 2 is 2.11 bits per heavy atom. The molecular weight excluding hydrogens is 258 g/mol. The fourth-order valence-corrected chi connectivity index (χ4v) is 2.16. The zero-order valence-electron chi connectivity index (χ0n) is 8.81. The highest BCUT2D eigenvalue weighted by atomic mass is 35.5. The SMILES string of the molecule is O=Nc1ccc(Cl)c2cc3[nH]c(O)c(O)nc-3c12. The van der Waals surface area contributed by atoms with Crippen LogP contribution in [-0.4, -0.2) is 20.2 Å². The van der Waals surface area contributed by atoms with Crippen molar-refractivity contribution in [2.45, 2.75) is 0 Å². The Bertz CT molecular complexity index is 753. The molecule has 0 amide bonds. The van der Waals surface area contributed by atoms with Crippen LogP contribution < -0.4 is 0 Å². The van der Waals surface area contributed by atoms with Crippen molar-refractivity contribution in [3.63, 3.8) is 0 Å². The molecule has 0 radical (unpaired) electrons. The van der Waals surface area contributed by atoms with Crippen molar-refractivity contribution in [1.29, 1.82) is 0 Å². The van der Waals surface area contributed by atoms with Crippen molar-refractivity contribution in [2.75, 3.05) is 0 Å². The van der Waals surface area contributed by atoms with Crippen LogP contribution in [0.2, 0.25) is 5.02 Å². The number of fused-ring (bicyclic) bond motifs is 3. The number of rotatable bonds is 1. The molecule has 18 heavy (non-hydrogen) atoms. The monoisotopic (exact) mass is 263 g/mol. The molecule has 1 aromatic carbocycles. The van der Waals surface area contributed by atoms with Crippen molar-refractivity contribution >= 4 is 28.1 Å². The summed E-state index contributed by atoms with van der Waals surface area (Å²) in [6, 6.07) is 4.66. The lowest BCUT2D eigenvalue weighted by atomic mass is 10.2. The molecule has 0 fully saturated rings. The van der Waals surface area contributed by atoms with Crippen LogP contribution in [0.1, 0.15) is 0 Å². The van der Waals surface area contributed by atoms with E-state index in [1.54, 1.807) is 12.1 Å². The fraction of sp³-hybridized carbons (Fsp3) is 0. The van der Waals surface area contributed by atoms with Gasteiger partial charge in [-0.1, -0.05) is 11.6 Å². The molecule has 0 unspecified atom stereocenters. The summed E-state index contributed by atoms with van der Waals surface area (Å²) in [5.74, 6) is -0.999. The maximum atomic E-state index is 10.8. The topological polar surface area (TPSA) is 98.6 Å². The minimum Gasteiger partial charge on any atom is -0.491 e. The Kier molecular flexibility index (Phi) is 2.14. The number of halogens is 1. The van der Waals surface area contributed by atoms with E-state index in [0.29, 0.717) is 27.2 Å². The fourth-order valence-electron chi connectivity index (χ4n) is 1.95. The van der Waals surface area contributed by atoms with Crippen LogP contribution in [-0.2, 0) is 0 Å². The van der Waals surface area contributed by atoms with Crippen LogP contribution in [0.15, 0.2) is 23.4 Å². The average Bonchev–Trinajstić information content (AvgIpc) is 2.70. The number of aromatic amines is 1. The molecule has 1 aromatic rings. The highest BCUT2D eigenvalue weighted by molar-refractivity contribution is 6.37. The molecule has 0 saturated carbocycles. The van der Waals surface area contributed by atoms with Gasteiger partial charge in [0.1, 0.15) is 11.4 Å². The number of hydrogen-bond donors (Lipinski definition) is 3. The van der Waals surface area contributed by atoms with Gasteiger partial charge in [0.25, 0.3) is 11.8 Å². The summed E-state index contributed by atoms with van der Waals surface area (Å²) in [5.41, 5.74) is 0.964. The molecule has 7 heteroatoms. The van der Waals surface area contributed by atoms with E-state index < -0.39 is 11.8 Å². The molecule has 0 bridgehead atoms. The number of nitrogens with zero attached hydrogens (tertiary/aromatic N) is 2. The van der Waals surface area contributed by atoms with Crippen LogP contribution in [0.4, 0.5) is 5.69 Å². The van der Waals surface area contributed by atoms with E-state index in [1.807, 2.05) is 0 Å². The number of aromatic nitrogens is 2. The second kappa shape index (κ2) is 3.58. The minimum absolute atomic E-state index is 0.176. The number of hydrogen-bond acceptors (Lipinski definition) is 5. The number of aromatic hydroxyl groups is 2. The molecule has 2 aliphatic rings. The highest BCUT2D eigenvalue weighted by Crippen LogP contribution is 2.42. The van der Waals surface area contributed by atoms with Gasteiger partial charge in [-0.2, -0.15) is 0 Å². The molecule has 0 aromatic heterocycles. The number of nitrogens with one attached hydrogen (secondary N) is 1. The summed E-state index contributed by atoms with van der Waals surface area (Å²) >= 11 is 6.03. The van der Waals surface area contributed by atoms with Crippen LogP contribution >= 0.6 is 11.6 Å². The van der Waals surface area contributed by atoms with Crippen LogP contribution in [0.3, 0.4) is 0 Å². The van der Waals surface area contributed by atoms with Gasteiger partial charge >= 0.3 is 0 Å². The molecule has 6 nitrogen and oxygen atoms in total. The molecule has 90 valence electrons. The summed E-state index contributed by atoms with van der Waals surface area (Å²) in [6.45, 7) is 0. The van der Waals surface area contributed by atoms with Gasteiger partial charge in [-0.25, -0.2) is 4.98 Å². The standard InChI is InChI=1S/C11H6ClN3O3/c12-5-1-2-6(15-18)8-4(5)3-7-9(8)14-11(17)10(16)13-7/h1-3,13,16-17H. The van der Waals surface area contributed by atoms with Crippen molar-refractivity contribution in [1.82, 2.24) is 9.97 Å². The normalized spacial score (nSPS) is 11.2. The molecule has 3 N–H and O–H groups in total. The Balaban J connectivity index is 2.55. The van der Waals surface area contributed by atoms with Crippen molar-refractivity contribution in [2.24, 2.45) is 5.18 Å². The van der Waals surface area contributed by atoms with Gasteiger partial charge in [-0.3, -0.25) is 0 Å². The van der Waals surface area contributed by atoms with Crippen LogP contribution in [0.5, 0.6) is 11.8 Å². The summed E-state index contributed by atoms with van der Waals surface area (Å²) in [4.78, 5) is 17.2. The van der Waals surface area contributed by atoms with Crippen molar-refractivity contribution < 1.29 is 10.2 Å². The minimum atomic E-state index is -0.549. The molecule has 1 aliphatic heterocycles. The second-order valence-corrected chi connectivity index (χ2v) is 4.17. The zero-order chi connectivity index (χ0) is 12.9. The summed E-state index contributed by atoms with van der Waals surface area (Å²) in [7, 11) is 0. The molecule has 0 atom stereocenters. The lowest BCUT2D eigenvalue weighted by molar-refractivity contribution is 0.375. The zero-order valence-corrected chi connectivity index (χ0v) is 9.56. The van der Waals surface area contributed by atoms with E-state index in [-0.39, 0.29) is 5.69 Å². The Labute approximate surface area is 105 Å². The third kappa shape index (κ3) is 1.32. The smallest absolute Gasteiger partial charge is 0.273 e. The maximum Gasteiger partial charge on any atom is 0.273 e. The summed E-state index contributed by atoms with van der Waals surface area (Å²) < 4.78 is 0. The second-order valence-electron chi connectivity index (χ2n) is 3.76. The third-order valence-corrected chi connectivity index (χ3v) is 3.06. The lowest BCUT2D eigenvalue weighted by Crippen LogP contribution is -1.87. The summed E-state index contributed by atoms with van der Waals surface area (Å²) in [6.07, 6.45) is 0. The van der Waals surface area contributed by atoms with Gasteiger partial charge in [0, 0.05) is 15.8 Å². The van der Waals surface area contributed by atoms with Gasteiger partial charge in [-0.15, -0.1) is 4.91 Å². The number of H-pyrrole nitrogens is 1. The van der Waals surface area contributed by atoms with E-state index in [9.17, 15) is 15.1 Å². The number of benzene rings is 1. The largest absolute Gasteiger partial charge is 0.491 e. The van der Waals surface area contributed by atoms with Crippen molar-refractivity contribution in [3.8, 4) is 23.1 Å². The maximum absolute atomic E-state index is 10.8. The van der Waals surface area contributed by atoms with Gasteiger partial charge in [-0.05, 0) is 23.4 Å². The third-order valence-electron chi connectivity index (χ3n) is 2.73. The van der Waals surface area contributed by atoms with Gasteiger partial charge < -0.3 is 15.2 Å². The molecule has 0 spiro atoms. The molecule has 1 heterocycles. The first kappa shape index (κ1) is 10.8. The Morgan fingerprint density at radius 1 is 1.33 bits per heavy atom. The van der Waals surface area contributed by atoms with E-state index in [2.05, 4.69) is 15.1 Å². The molecule has 3 rings (SSSR count). The average molecular weight is 264 g/mol. The van der Waals surface area contributed by atoms with Gasteiger partial charge in [0.05, 0.1) is 5.69 Å². The van der Waals surface area contributed by atoms with Crippen molar-refractivity contribution in [3.05, 3.63) is 28.1 Å². The first-order chi connectivity index (χ1) is 8.61. The molecule has 0 saturated heterocycles. The van der Waals surface area contributed by atoms with E-state index in [4.69, 9.17) is 11.6 Å². The van der Waals surface area contributed by atoms with E-state index in [1.165, 1.54) is 6.07 Å².